The lowest BCUT2D eigenvalue weighted by molar-refractivity contribution is -0.149. The Morgan fingerprint density at radius 3 is 2.10 bits per heavy atom. The van der Waals surface area contributed by atoms with Crippen LogP contribution >= 0.6 is 23.8 Å². The van der Waals surface area contributed by atoms with Crippen LogP contribution in [-0.2, 0) is 14.4 Å². The quantitative estimate of drug-likeness (QED) is 0.653. The number of carbonyl (C=O) groups excluding carboxylic acids is 3. The van der Waals surface area contributed by atoms with Crippen LogP contribution in [0, 0.1) is 5.92 Å². The Bertz CT molecular complexity index is 608. The second-order valence-corrected chi connectivity index (χ2v) is 5.31. The number of amides is 3. The smallest absolute Gasteiger partial charge is 0.250 e. The molecule has 1 fully saturated rings. The number of thiocarbonyl (C=S) groups is 1. The van der Waals surface area contributed by atoms with Crippen molar-refractivity contribution in [2.24, 2.45) is 5.92 Å². The fraction of sp³-hybridized carbons (Fsp3) is 0.231. The molecular weight excluding hydrogens is 314 g/mol. The molecule has 2 rings (SSSR count). The molecule has 6 nitrogen and oxygen atoms in total. The van der Waals surface area contributed by atoms with Crippen LogP contribution in [0.1, 0.15) is 0 Å². The van der Waals surface area contributed by atoms with E-state index in [4.69, 9.17) is 23.8 Å². The number of rotatable bonds is 2. The van der Waals surface area contributed by atoms with Crippen LogP contribution < -0.4 is 5.32 Å². The van der Waals surface area contributed by atoms with Crippen LogP contribution in [0.25, 0.3) is 0 Å². The van der Waals surface area contributed by atoms with Gasteiger partial charge in [0.25, 0.3) is 11.8 Å². The highest BCUT2D eigenvalue weighted by Gasteiger charge is 2.44. The predicted octanol–water partition coefficient (Wildman–Crippen LogP) is 1.11. The number of nitrogens with one attached hydrogen (secondary N) is 1. The maximum absolute atomic E-state index is 12.2. The summed E-state index contributed by atoms with van der Waals surface area (Å²) in [5.74, 6) is -3.43. The summed E-state index contributed by atoms with van der Waals surface area (Å²) in [4.78, 5) is 38.6. The van der Waals surface area contributed by atoms with Crippen molar-refractivity contribution in [3.8, 4) is 0 Å². The van der Waals surface area contributed by atoms with Gasteiger partial charge in [-0.15, -0.1) is 0 Å². The first-order valence-corrected chi connectivity index (χ1v) is 6.77. The molecule has 1 saturated heterocycles. The van der Waals surface area contributed by atoms with Crippen molar-refractivity contribution < 1.29 is 14.4 Å². The van der Waals surface area contributed by atoms with Crippen LogP contribution in [0.5, 0.6) is 0 Å². The number of nitrogens with zero attached hydrogens (tertiary/aromatic N) is 2. The van der Waals surface area contributed by atoms with E-state index in [0.717, 1.165) is 9.80 Å². The van der Waals surface area contributed by atoms with Gasteiger partial charge in [0.05, 0.1) is 0 Å². The normalized spacial score (nSPS) is 16.4. The van der Waals surface area contributed by atoms with Crippen molar-refractivity contribution in [1.29, 1.82) is 0 Å². The molecule has 21 heavy (non-hydrogen) atoms. The first kappa shape index (κ1) is 15.4. The number of anilines is 1. The van der Waals surface area contributed by atoms with Gasteiger partial charge in [0, 0.05) is 24.8 Å². The number of benzene rings is 1. The summed E-state index contributed by atoms with van der Waals surface area (Å²) < 4.78 is 0. The van der Waals surface area contributed by atoms with Crippen molar-refractivity contribution in [2.75, 3.05) is 19.4 Å². The molecule has 0 unspecified atom stereocenters. The summed E-state index contributed by atoms with van der Waals surface area (Å²) in [6, 6.07) is 6.34. The van der Waals surface area contributed by atoms with E-state index in [2.05, 4.69) is 5.32 Å². The Kier molecular flexibility index (Phi) is 4.24. The highest BCUT2D eigenvalue weighted by atomic mass is 35.5. The monoisotopic (exact) mass is 325 g/mol. The zero-order chi connectivity index (χ0) is 15.7. The number of halogens is 1. The largest absolute Gasteiger partial charge is 0.325 e. The molecule has 0 spiro atoms. The van der Waals surface area contributed by atoms with Gasteiger partial charge in [-0.05, 0) is 36.5 Å². The summed E-state index contributed by atoms with van der Waals surface area (Å²) in [7, 11) is 2.85. The Labute approximate surface area is 131 Å². The highest BCUT2D eigenvalue weighted by molar-refractivity contribution is 7.80. The SMILES string of the molecule is CN1C(=O)C(C(=O)Nc2ccc(Cl)cc2)C(=O)N(C)C1=S. The molecule has 0 bridgehead atoms. The Hall–Kier alpha value is -1.99. The molecule has 1 heterocycles. The lowest BCUT2D eigenvalue weighted by Crippen LogP contribution is -2.59. The summed E-state index contributed by atoms with van der Waals surface area (Å²) in [5, 5.41) is 3.11. The number of hydrogen-bond donors (Lipinski definition) is 1. The van der Waals surface area contributed by atoms with Crippen molar-refractivity contribution >= 4 is 52.3 Å². The van der Waals surface area contributed by atoms with Gasteiger partial charge in [-0.2, -0.15) is 0 Å². The van der Waals surface area contributed by atoms with Crippen molar-refractivity contribution in [2.45, 2.75) is 0 Å². The van der Waals surface area contributed by atoms with Crippen LogP contribution in [0.4, 0.5) is 5.69 Å². The summed E-state index contributed by atoms with van der Waals surface area (Å²) in [5.41, 5.74) is 0.448. The van der Waals surface area contributed by atoms with E-state index < -0.39 is 23.6 Å². The first-order chi connectivity index (χ1) is 9.82. The van der Waals surface area contributed by atoms with Gasteiger partial charge < -0.3 is 5.32 Å². The van der Waals surface area contributed by atoms with E-state index in [1.807, 2.05) is 0 Å². The van der Waals surface area contributed by atoms with E-state index in [-0.39, 0.29) is 5.11 Å². The zero-order valence-electron chi connectivity index (χ0n) is 11.3. The minimum absolute atomic E-state index is 0.0699. The van der Waals surface area contributed by atoms with Crippen LogP contribution in [0.15, 0.2) is 24.3 Å². The molecule has 1 aliphatic rings. The third-order valence-electron chi connectivity index (χ3n) is 3.10. The van der Waals surface area contributed by atoms with Gasteiger partial charge in [-0.3, -0.25) is 24.2 Å². The molecule has 1 aromatic rings. The first-order valence-electron chi connectivity index (χ1n) is 5.98. The lowest BCUT2D eigenvalue weighted by atomic mass is 10.0. The van der Waals surface area contributed by atoms with Gasteiger partial charge in [-0.25, -0.2) is 0 Å². The van der Waals surface area contributed by atoms with E-state index in [1.165, 1.54) is 14.1 Å². The lowest BCUT2D eigenvalue weighted by Gasteiger charge is -2.34. The average Bonchev–Trinajstić information content (AvgIpc) is 2.46. The van der Waals surface area contributed by atoms with Crippen molar-refractivity contribution in [1.82, 2.24) is 9.80 Å². The third-order valence-corrected chi connectivity index (χ3v) is 3.90. The van der Waals surface area contributed by atoms with Crippen molar-refractivity contribution in [3.63, 3.8) is 0 Å². The molecule has 0 saturated carbocycles. The molecule has 8 heteroatoms. The fourth-order valence-corrected chi connectivity index (χ4v) is 2.18. The maximum atomic E-state index is 12.2. The molecule has 110 valence electrons. The summed E-state index contributed by atoms with van der Waals surface area (Å²) in [6.07, 6.45) is 0. The minimum Gasteiger partial charge on any atom is -0.325 e. The average molecular weight is 326 g/mol. The van der Waals surface area contributed by atoms with Crippen LogP contribution in [0.3, 0.4) is 0 Å². The molecule has 1 aromatic carbocycles. The molecule has 1 aliphatic heterocycles. The second kappa shape index (κ2) is 5.79. The van der Waals surface area contributed by atoms with Gasteiger partial charge in [0.1, 0.15) is 0 Å². The maximum Gasteiger partial charge on any atom is 0.250 e. The predicted molar refractivity (Wildman–Crippen MR) is 81.7 cm³/mol. The molecular formula is C13H12ClN3O3S. The molecule has 0 aliphatic carbocycles. The standard InChI is InChI=1S/C13H12ClN3O3S/c1-16-11(19)9(12(20)17(2)13(16)21)10(18)15-8-5-3-7(14)4-6-8/h3-6,9H,1-2H3,(H,15,18). The summed E-state index contributed by atoms with van der Waals surface area (Å²) in [6.45, 7) is 0. The topological polar surface area (TPSA) is 69.7 Å². The zero-order valence-corrected chi connectivity index (χ0v) is 12.9. The van der Waals surface area contributed by atoms with Crippen molar-refractivity contribution in [3.05, 3.63) is 29.3 Å². The molecule has 0 aromatic heterocycles. The van der Waals surface area contributed by atoms with Crippen LogP contribution in [0.2, 0.25) is 5.02 Å². The summed E-state index contributed by atoms with van der Waals surface area (Å²) >= 11 is 10.7. The van der Waals surface area contributed by atoms with E-state index >= 15 is 0 Å². The minimum atomic E-state index is -1.44. The Morgan fingerprint density at radius 1 is 1.14 bits per heavy atom. The van der Waals surface area contributed by atoms with E-state index in [9.17, 15) is 14.4 Å². The van der Waals surface area contributed by atoms with Gasteiger partial charge >= 0.3 is 0 Å². The van der Waals surface area contributed by atoms with E-state index in [1.54, 1.807) is 24.3 Å². The van der Waals surface area contributed by atoms with E-state index in [0.29, 0.717) is 10.7 Å². The van der Waals surface area contributed by atoms with Gasteiger partial charge in [-0.1, -0.05) is 11.6 Å². The molecule has 1 N–H and O–H groups in total. The highest BCUT2D eigenvalue weighted by Crippen LogP contribution is 2.19. The fourth-order valence-electron chi connectivity index (χ4n) is 1.88. The van der Waals surface area contributed by atoms with Gasteiger partial charge in [0.2, 0.25) is 5.91 Å². The van der Waals surface area contributed by atoms with Crippen LogP contribution in [-0.4, -0.2) is 46.7 Å². The number of hydrogen-bond acceptors (Lipinski definition) is 4. The molecule has 3 amide bonds. The third kappa shape index (κ3) is 2.88. The Morgan fingerprint density at radius 2 is 1.62 bits per heavy atom. The number of carbonyl (C=O) groups is 3. The molecule has 0 atom stereocenters. The van der Waals surface area contributed by atoms with Gasteiger partial charge in [0.15, 0.2) is 11.0 Å². The molecule has 0 radical (unpaired) electrons. The Balaban J connectivity index is 2.21. The second-order valence-electron chi connectivity index (χ2n) is 4.51.